The van der Waals surface area contributed by atoms with Crippen LogP contribution in [-0.2, 0) is 6.54 Å². The number of nitrogens with zero attached hydrogens (tertiary/aromatic N) is 2. The molecule has 0 aliphatic heterocycles. The van der Waals surface area contributed by atoms with E-state index in [-0.39, 0.29) is 17.4 Å². The second-order valence-corrected chi connectivity index (χ2v) is 7.00. The molecule has 22 heavy (non-hydrogen) atoms. The topological polar surface area (TPSA) is 78.3 Å². The molecule has 0 spiro atoms. The molecule has 0 saturated heterocycles. The fraction of sp³-hybridized carbons (Fsp3) is 0.750. The number of rotatable bonds is 4. The van der Waals surface area contributed by atoms with Gasteiger partial charge in [-0.1, -0.05) is 0 Å². The standard InChI is InChI=1S/C16H25N3O3/c1-10-5-15(21)19(16(22)17-10)4-3-18(2)13-6-11-8-14(20)9-12(11)7-13/h5,11-14,20H,3-4,6-9H2,1-2H3,(H,17,22)/t11-,12+,13?,14?. The summed E-state index contributed by atoms with van der Waals surface area (Å²) < 4.78 is 1.27. The van der Waals surface area contributed by atoms with Crippen LogP contribution in [0.2, 0.25) is 0 Å². The predicted octanol–water partition coefficient (Wildman–Crippen LogP) is 0.326. The van der Waals surface area contributed by atoms with E-state index in [1.807, 2.05) is 0 Å². The van der Waals surface area contributed by atoms with Crippen molar-refractivity contribution in [2.24, 2.45) is 11.8 Å². The molecule has 2 saturated carbocycles. The van der Waals surface area contributed by atoms with Crippen molar-refractivity contribution < 1.29 is 5.11 Å². The zero-order valence-corrected chi connectivity index (χ0v) is 13.3. The molecular weight excluding hydrogens is 282 g/mol. The van der Waals surface area contributed by atoms with E-state index in [1.54, 1.807) is 6.92 Å². The lowest BCUT2D eigenvalue weighted by Gasteiger charge is -2.25. The van der Waals surface area contributed by atoms with Gasteiger partial charge in [0.2, 0.25) is 0 Å². The average molecular weight is 307 g/mol. The van der Waals surface area contributed by atoms with Gasteiger partial charge in [-0.15, -0.1) is 0 Å². The maximum absolute atomic E-state index is 11.9. The number of aromatic amines is 1. The third-order valence-corrected chi connectivity index (χ3v) is 5.42. The SMILES string of the molecule is Cc1cc(=O)n(CCN(C)C2C[C@H]3CC(O)C[C@H]3C2)c(=O)[nH]1. The van der Waals surface area contributed by atoms with Gasteiger partial charge in [0.15, 0.2) is 0 Å². The van der Waals surface area contributed by atoms with E-state index in [0.29, 0.717) is 36.7 Å². The highest BCUT2D eigenvalue weighted by molar-refractivity contribution is 4.97. The van der Waals surface area contributed by atoms with Crippen molar-refractivity contribution in [3.8, 4) is 0 Å². The first-order valence-corrected chi connectivity index (χ1v) is 8.13. The lowest BCUT2D eigenvalue weighted by atomic mass is 10.0. The number of aliphatic hydroxyl groups excluding tert-OH is 1. The van der Waals surface area contributed by atoms with E-state index >= 15 is 0 Å². The number of fused-ring (bicyclic) bond motifs is 1. The first-order chi connectivity index (χ1) is 10.4. The zero-order chi connectivity index (χ0) is 15.9. The number of hydrogen-bond donors (Lipinski definition) is 2. The Morgan fingerprint density at radius 2 is 1.91 bits per heavy atom. The van der Waals surface area contributed by atoms with Gasteiger partial charge in [-0.3, -0.25) is 9.36 Å². The van der Waals surface area contributed by atoms with Crippen LogP contribution in [0.4, 0.5) is 0 Å². The van der Waals surface area contributed by atoms with Gasteiger partial charge in [-0.2, -0.15) is 0 Å². The molecule has 0 bridgehead atoms. The summed E-state index contributed by atoms with van der Waals surface area (Å²) in [4.78, 5) is 28.7. The van der Waals surface area contributed by atoms with Crippen LogP contribution >= 0.6 is 0 Å². The van der Waals surface area contributed by atoms with Crippen molar-refractivity contribution in [2.45, 2.75) is 51.3 Å². The molecule has 4 atom stereocenters. The first-order valence-electron chi connectivity index (χ1n) is 8.13. The van der Waals surface area contributed by atoms with Gasteiger partial charge >= 0.3 is 5.69 Å². The Balaban J connectivity index is 1.59. The largest absolute Gasteiger partial charge is 0.393 e. The highest BCUT2D eigenvalue weighted by Gasteiger charge is 2.42. The summed E-state index contributed by atoms with van der Waals surface area (Å²) in [6.07, 6.45) is 4.01. The predicted molar refractivity (Wildman–Crippen MR) is 83.9 cm³/mol. The summed E-state index contributed by atoms with van der Waals surface area (Å²) in [5, 5.41) is 9.71. The molecule has 1 heterocycles. The minimum absolute atomic E-state index is 0.106. The lowest BCUT2D eigenvalue weighted by Crippen LogP contribution is -2.40. The Morgan fingerprint density at radius 1 is 1.27 bits per heavy atom. The molecule has 2 aliphatic carbocycles. The van der Waals surface area contributed by atoms with Crippen LogP contribution in [-0.4, -0.2) is 45.3 Å². The number of likely N-dealkylation sites (N-methyl/N-ethyl adjacent to an activating group) is 1. The Hall–Kier alpha value is -1.40. The molecule has 6 heteroatoms. The van der Waals surface area contributed by atoms with Gasteiger partial charge in [0.05, 0.1) is 6.10 Å². The molecule has 2 N–H and O–H groups in total. The Kier molecular flexibility index (Phi) is 4.23. The first kappa shape index (κ1) is 15.5. The molecule has 122 valence electrons. The number of aliphatic hydroxyl groups is 1. The van der Waals surface area contributed by atoms with E-state index < -0.39 is 0 Å². The third-order valence-electron chi connectivity index (χ3n) is 5.42. The highest BCUT2D eigenvalue weighted by Crippen LogP contribution is 2.45. The van der Waals surface area contributed by atoms with E-state index in [0.717, 1.165) is 25.7 Å². The zero-order valence-electron chi connectivity index (χ0n) is 13.3. The van der Waals surface area contributed by atoms with Crippen LogP contribution in [0.25, 0.3) is 0 Å². The summed E-state index contributed by atoms with van der Waals surface area (Å²) in [5.74, 6) is 1.29. The maximum Gasteiger partial charge on any atom is 0.328 e. The van der Waals surface area contributed by atoms with Gasteiger partial charge in [0.1, 0.15) is 0 Å². The molecule has 2 fully saturated rings. The van der Waals surface area contributed by atoms with Crippen LogP contribution in [0.3, 0.4) is 0 Å². The number of H-pyrrole nitrogens is 1. The maximum atomic E-state index is 11.9. The van der Waals surface area contributed by atoms with Gasteiger partial charge in [0, 0.05) is 30.9 Å². The van der Waals surface area contributed by atoms with Crippen molar-refractivity contribution in [3.63, 3.8) is 0 Å². The van der Waals surface area contributed by atoms with Crippen LogP contribution in [0.1, 0.15) is 31.4 Å². The number of aromatic nitrogens is 2. The molecule has 2 unspecified atom stereocenters. The Bertz CT molecular complexity index is 606. The van der Waals surface area contributed by atoms with Crippen LogP contribution < -0.4 is 11.2 Å². The normalized spacial score (nSPS) is 30.9. The Labute approximate surface area is 129 Å². The molecule has 3 rings (SSSR count). The van der Waals surface area contributed by atoms with Gasteiger partial charge in [0.25, 0.3) is 5.56 Å². The number of aryl methyl sites for hydroxylation is 1. The van der Waals surface area contributed by atoms with Crippen LogP contribution in [0.5, 0.6) is 0 Å². The Morgan fingerprint density at radius 3 is 2.50 bits per heavy atom. The molecule has 0 amide bonds. The monoisotopic (exact) mass is 307 g/mol. The van der Waals surface area contributed by atoms with Gasteiger partial charge < -0.3 is 15.0 Å². The number of hydrogen-bond acceptors (Lipinski definition) is 4. The highest BCUT2D eigenvalue weighted by atomic mass is 16.3. The van der Waals surface area contributed by atoms with Crippen molar-refractivity contribution in [1.82, 2.24) is 14.5 Å². The minimum Gasteiger partial charge on any atom is -0.393 e. The third kappa shape index (κ3) is 3.03. The van der Waals surface area contributed by atoms with Gasteiger partial charge in [-0.25, -0.2) is 4.79 Å². The van der Waals surface area contributed by atoms with E-state index in [9.17, 15) is 14.7 Å². The van der Waals surface area contributed by atoms with E-state index in [4.69, 9.17) is 0 Å². The summed E-state index contributed by atoms with van der Waals surface area (Å²) in [5.41, 5.74) is 0.0349. The molecule has 1 aromatic heterocycles. The summed E-state index contributed by atoms with van der Waals surface area (Å²) >= 11 is 0. The fourth-order valence-electron chi connectivity index (χ4n) is 4.20. The lowest BCUT2D eigenvalue weighted by molar-refractivity contribution is 0.158. The van der Waals surface area contributed by atoms with Crippen LogP contribution in [0, 0.1) is 18.8 Å². The number of nitrogens with one attached hydrogen (secondary N) is 1. The van der Waals surface area contributed by atoms with E-state index in [2.05, 4.69) is 16.9 Å². The molecule has 2 aliphatic rings. The van der Waals surface area contributed by atoms with Crippen molar-refractivity contribution in [2.75, 3.05) is 13.6 Å². The summed E-state index contributed by atoms with van der Waals surface area (Å²) in [6.45, 7) is 2.82. The van der Waals surface area contributed by atoms with Crippen molar-refractivity contribution in [1.29, 1.82) is 0 Å². The minimum atomic E-state index is -0.329. The van der Waals surface area contributed by atoms with Gasteiger partial charge in [-0.05, 0) is 51.5 Å². The average Bonchev–Trinajstić information content (AvgIpc) is 2.94. The summed E-state index contributed by atoms with van der Waals surface area (Å²) in [7, 11) is 2.07. The van der Waals surface area contributed by atoms with E-state index in [1.165, 1.54) is 10.6 Å². The smallest absolute Gasteiger partial charge is 0.328 e. The quantitative estimate of drug-likeness (QED) is 0.840. The second kappa shape index (κ2) is 6.01. The van der Waals surface area contributed by atoms with Crippen molar-refractivity contribution >= 4 is 0 Å². The van der Waals surface area contributed by atoms with Crippen molar-refractivity contribution in [3.05, 3.63) is 32.6 Å². The molecule has 6 nitrogen and oxygen atoms in total. The molecule has 0 radical (unpaired) electrons. The second-order valence-electron chi connectivity index (χ2n) is 7.00. The molecule has 0 aromatic carbocycles. The summed E-state index contributed by atoms with van der Waals surface area (Å²) in [6, 6.07) is 1.96. The molecular formula is C16H25N3O3. The fourth-order valence-corrected chi connectivity index (χ4v) is 4.20. The molecule has 1 aromatic rings. The van der Waals surface area contributed by atoms with Crippen LogP contribution in [0.15, 0.2) is 15.7 Å².